The highest BCUT2D eigenvalue weighted by molar-refractivity contribution is 6.31. The van der Waals surface area contributed by atoms with Crippen LogP contribution in [0.3, 0.4) is 0 Å². The molecular weight excluding hydrogens is 286 g/mol. The SMILES string of the molecule is OC(Cc1ccccc1Cl)Cc1c(F)cccc1Cl. The minimum atomic E-state index is -0.727. The predicted molar refractivity (Wildman–Crippen MR) is 76.3 cm³/mol. The van der Waals surface area contributed by atoms with E-state index >= 15 is 0 Å². The lowest BCUT2D eigenvalue weighted by Gasteiger charge is -2.13. The molecule has 19 heavy (non-hydrogen) atoms. The van der Waals surface area contributed by atoms with Crippen LogP contribution in [0, 0.1) is 5.82 Å². The summed E-state index contributed by atoms with van der Waals surface area (Å²) in [5.74, 6) is -0.397. The maximum absolute atomic E-state index is 13.6. The van der Waals surface area contributed by atoms with Crippen molar-refractivity contribution in [3.8, 4) is 0 Å². The van der Waals surface area contributed by atoms with Crippen molar-refractivity contribution in [2.24, 2.45) is 0 Å². The Morgan fingerprint density at radius 1 is 0.947 bits per heavy atom. The van der Waals surface area contributed by atoms with Crippen molar-refractivity contribution >= 4 is 23.2 Å². The summed E-state index contributed by atoms with van der Waals surface area (Å²) in [6.07, 6.45) is -0.199. The highest BCUT2D eigenvalue weighted by Gasteiger charge is 2.14. The van der Waals surface area contributed by atoms with E-state index in [-0.39, 0.29) is 6.42 Å². The first-order valence-electron chi connectivity index (χ1n) is 5.92. The molecule has 0 amide bonds. The summed E-state index contributed by atoms with van der Waals surface area (Å²) >= 11 is 12.0. The number of aliphatic hydroxyl groups is 1. The van der Waals surface area contributed by atoms with Gasteiger partial charge in [-0.2, -0.15) is 0 Å². The van der Waals surface area contributed by atoms with E-state index in [0.29, 0.717) is 22.0 Å². The van der Waals surface area contributed by atoms with Gasteiger partial charge in [-0.15, -0.1) is 0 Å². The van der Waals surface area contributed by atoms with Crippen LogP contribution in [0.5, 0.6) is 0 Å². The Labute approximate surface area is 121 Å². The summed E-state index contributed by atoms with van der Waals surface area (Å²) in [5.41, 5.74) is 1.17. The minimum Gasteiger partial charge on any atom is -0.392 e. The van der Waals surface area contributed by atoms with Gasteiger partial charge in [0.15, 0.2) is 0 Å². The molecular formula is C15H13Cl2FO. The van der Waals surface area contributed by atoms with Crippen LogP contribution in [-0.2, 0) is 12.8 Å². The van der Waals surface area contributed by atoms with E-state index in [4.69, 9.17) is 23.2 Å². The molecule has 0 saturated heterocycles. The molecule has 0 aromatic heterocycles. The molecule has 0 spiro atoms. The fourth-order valence-electron chi connectivity index (χ4n) is 1.95. The largest absolute Gasteiger partial charge is 0.392 e. The summed E-state index contributed by atoms with van der Waals surface area (Å²) in [6.45, 7) is 0. The van der Waals surface area contributed by atoms with Gasteiger partial charge in [0, 0.05) is 28.5 Å². The average Bonchev–Trinajstić information content (AvgIpc) is 2.37. The number of halogens is 3. The number of aliphatic hydroxyl groups excluding tert-OH is 1. The Kier molecular flexibility index (Phi) is 4.81. The highest BCUT2D eigenvalue weighted by atomic mass is 35.5. The Balaban J connectivity index is 2.10. The molecule has 0 aliphatic heterocycles. The highest BCUT2D eigenvalue weighted by Crippen LogP contribution is 2.23. The molecule has 0 saturated carbocycles. The van der Waals surface area contributed by atoms with E-state index in [0.717, 1.165) is 5.56 Å². The third-order valence-corrected chi connectivity index (χ3v) is 3.64. The number of benzene rings is 2. The zero-order chi connectivity index (χ0) is 13.8. The van der Waals surface area contributed by atoms with Crippen LogP contribution in [0.1, 0.15) is 11.1 Å². The topological polar surface area (TPSA) is 20.2 Å². The smallest absolute Gasteiger partial charge is 0.127 e. The monoisotopic (exact) mass is 298 g/mol. The normalized spacial score (nSPS) is 12.4. The second-order valence-corrected chi connectivity index (χ2v) is 5.17. The summed E-state index contributed by atoms with van der Waals surface area (Å²) in [4.78, 5) is 0. The van der Waals surface area contributed by atoms with E-state index < -0.39 is 11.9 Å². The summed E-state index contributed by atoms with van der Waals surface area (Å²) < 4.78 is 13.6. The van der Waals surface area contributed by atoms with Crippen molar-refractivity contribution in [2.75, 3.05) is 0 Å². The summed E-state index contributed by atoms with van der Waals surface area (Å²) in [7, 11) is 0. The van der Waals surface area contributed by atoms with Gasteiger partial charge in [0.05, 0.1) is 6.10 Å². The number of hydrogen-bond donors (Lipinski definition) is 1. The van der Waals surface area contributed by atoms with E-state index in [1.807, 2.05) is 18.2 Å². The average molecular weight is 299 g/mol. The maximum Gasteiger partial charge on any atom is 0.127 e. The maximum atomic E-state index is 13.6. The Bertz CT molecular complexity index is 552. The van der Waals surface area contributed by atoms with Gasteiger partial charge >= 0.3 is 0 Å². The van der Waals surface area contributed by atoms with Gasteiger partial charge in [-0.25, -0.2) is 4.39 Å². The molecule has 0 aliphatic rings. The van der Waals surface area contributed by atoms with E-state index in [2.05, 4.69) is 0 Å². The van der Waals surface area contributed by atoms with E-state index in [1.165, 1.54) is 6.07 Å². The molecule has 2 aromatic rings. The summed E-state index contributed by atoms with van der Waals surface area (Å²) in [5, 5.41) is 11.0. The molecule has 0 heterocycles. The standard InChI is InChI=1S/C15H13Cl2FO/c16-13-5-2-1-4-10(13)8-11(19)9-12-14(17)6-3-7-15(12)18/h1-7,11,19H,8-9H2. The van der Waals surface area contributed by atoms with Crippen molar-refractivity contribution in [1.29, 1.82) is 0 Å². The zero-order valence-electron chi connectivity index (χ0n) is 10.1. The van der Waals surface area contributed by atoms with Crippen molar-refractivity contribution in [2.45, 2.75) is 18.9 Å². The molecule has 0 fully saturated rings. The van der Waals surface area contributed by atoms with Crippen LogP contribution in [0.25, 0.3) is 0 Å². The molecule has 2 aromatic carbocycles. The molecule has 100 valence electrons. The first kappa shape index (κ1) is 14.3. The van der Waals surface area contributed by atoms with Gasteiger partial charge < -0.3 is 5.11 Å². The van der Waals surface area contributed by atoms with Gasteiger partial charge in [0.25, 0.3) is 0 Å². The van der Waals surface area contributed by atoms with Gasteiger partial charge in [0.1, 0.15) is 5.82 Å². The second-order valence-electron chi connectivity index (χ2n) is 4.35. The van der Waals surface area contributed by atoms with Crippen molar-refractivity contribution in [3.63, 3.8) is 0 Å². The van der Waals surface area contributed by atoms with Crippen molar-refractivity contribution in [1.82, 2.24) is 0 Å². The Morgan fingerprint density at radius 2 is 1.63 bits per heavy atom. The van der Waals surface area contributed by atoms with Crippen LogP contribution in [-0.4, -0.2) is 11.2 Å². The fourth-order valence-corrected chi connectivity index (χ4v) is 2.41. The molecule has 0 bridgehead atoms. The molecule has 1 nitrogen and oxygen atoms in total. The Morgan fingerprint density at radius 3 is 2.32 bits per heavy atom. The first-order chi connectivity index (χ1) is 9.08. The summed E-state index contributed by atoms with van der Waals surface area (Å²) in [6, 6.07) is 11.8. The van der Waals surface area contributed by atoms with Crippen LogP contribution in [0.4, 0.5) is 4.39 Å². The molecule has 1 N–H and O–H groups in total. The quantitative estimate of drug-likeness (QED) is 0.893. The molecule has 4 heteroatoms. The first-order valence-corrected chi connectivity index (χ1v) is 6.68. The van der Waals surface area contributed by atoms with Gasteiger partial charge in [0.2, 0.25) is 0 Å². The lowest BCUT2D eigenvalue weighted by molar-refractivity contribution is 0.174. The Hall–Kier alpha value is -1.09. The van der Waals surface area contributed by atoms with Crippen molar-refractivity contribution < 1.29 is 9.50 Å². The van der Waals surface area contributed by atoms with Crippen molar-refractivity contribution in [3.05, 3.63) is 69.5 Å². The lowest BCUT2D eigenvalue weighted by Crippen LogP contribution is -2.15. The van der Waals surface area contributed by atoms with E-state index in [1.54, 1.807) is 18.2 Å². The molecule has 0 radical (unpaired) electrons. The van der Waals surface area contributed by atoms with Crippen LogP contribution < -0.4 is 0 Å². The fraction of sp³-hybridized carbons (Fsp3) is 0.200. The molecule has 0 aliphatic carbocycles. The minimum absolute atomic E-state index is 0.163. The third-order valence-electron chi connectivity index (χ3n) is 2.91. The third kappa shape index (κ3) is 3.69. The van der Waals surface area contributed by atoms with Gasteiger partial charge in [-0.1, -0.05) is 47.5 Å². The lowest BCUT2D eigenvalue weighted by atomic mass is 10.0. The number of hydrogen-bond acceptors (Lipinski definition) is 1. The van der Waals surface area contributed by atoms with Crippen LogP contribution in [0.2, 0.25) is 10.0 Å². The molecule has 1 unspecified atom stereocenters. The van der Waals surface area contributed by atoms with Crippen LogP contribution >= 0.6 is 23.2 Å². The van der Waals surface area contributed by atoms with Gasteiger partial charge in [-0.05, 0) is 23.8 Å². The van der Waals surface area contributed by atoms with E-state index in [9.17, 15) is 9.50 Å². The van der Waals surface area contributed by atoms with Gasteiger partial charge in [-0.3, -0.25) is 0 Å². The zero-order valence-corrected chi connectivity index (χ0v) is 11.6. The predicted octanol–water partition coefficient (Wildman–Crippen LogP) is 4.28. The van der Waals surface area contributed by atoms with Crippen LogP contribution in [0.15, 0.2) is 42.5 Å². The number of rotatable bonds is 4. The molecule has 1 atom stereocenters. The molecule has 2 rings (SSSR count). The second kappa shape index (κ2) is 6.38.